The number of fused-ring (bicyclic) bond motifs is 1. The van der Waals surface area contributed by atoms with Crippen molar-refractivity contribution in [1.29, 1.82) is 5.26 Å². The number of benzene rings is 1. The molecule has 5 N–H and O–H groups in total. The molecule has 12 heteroatoms. The standard InChI is InChI=1S/C25H32N8O4/c1-16-11-17-12-18(7-8-21(17)37-16)30-25(29-15-26)31-20-6-2-3-9-32(23(20)35)14-22(34)33-10-4-5-19(33)13-28-24(27)36/h7-8,11-12,19-20H,2-6,9-10,13-14H2,1H3,(H3,27,28,36)(H2,29,30,31)/t19-,20+/m1/s1. The number of carbonyl (C=O) groups excluding carboxylic acids is 3. The quantitative estimate of drug-likeness (QED) is 0.199. The summed E-state index contributed by atoms with van der Waals surface area (Å²) in [5.74, 6) is 0.533. The van der Waals surface area contributed by atoms with E-state index in [-0.39, 0.29) is 30.4 Å². The second-order valence-corrected chi connectivity index (χ2v) is 9.35. The van der Waals surface area contributed by atoms with E-state index in [2.05, 4.69) is 20.9 Å². The number of hydrogen-bond acceptors (Lipinski definition) is 6. The third-order valence-corrected chi connectivity index (χ3v) is 6.65. The Hall–Kier alpha value is -4.27. The fourth-order valence-corrected chi connectivity index (χ4v) is 4.91. The van der Waals surface area contributed by atoms with Crippen LogP contribution in [0.3, 0.4) is 0 Å². The van der Waals surface area contributed by atoms with Crippen molar-refractivity contribution in [2.75, 3.05) is 31.5 Å². The van der Waals surface area contributed by atoms with E-state index in [1.165, 1.54) is 0 Å². The molecule has 0 unspecified atom stereocenters. The number of amides is 4. The Labute approximate surface area is 214 Å². The first-order chi connectivity index (χ1) is 17.8. The molecule has 2 aromatic rings. The summed E-state index contributed by atoms with van der Waals surface area (Å²) in [5, 5.41) is 18.3. The number of nitrogens with two attached hydrogens (primary N) is 1. The van der Waals surface area contributed by atoms with Crippen LogP contribution in [-0.2, 0) is 9.59 Å². The monoisotopic (exact) mass is 508 g/mol. The van der Waals surface area contributed by atoms with Crippen molar-refractivity contribution in [2.24, 2.45) is 10.7 Å². The molecule has 196 valence electrons. The molecule has 1 aromatic carbocycles. The van der Waals surface area contributed by atoms with Crippen LogP contribution in [0, 0.1) is 18.4 Å². The van der Waals surface area contributed by atoms with Gasteiger partial charge in [-0.3, -0.25) is 14.9 Å². The number of carbonyl (C=O) groups is 3. The molecule has 12 nitrogen and oxygen atoms in total. The molecule has 3 heterocycles. The van der Waals surface area contributed by atoms with Crippen molar-refractivity contribution >= 4 is 40.5 Å². The molecule has 0 radical (unpaired) electrons. The topological polar surface area (TPSA) is 169 Å². The third kappa shape index (κ3) is 6.49. The Morgan fingerprint density at radius 3 is 2.84 bits per heavy atom. The molecule has 4 rings (SSSR count). The zero-order chi connectivity index (χ0) is 26.4. The van der Waals surface area contributed by atoms with Gasteiger partial charge in [0.2, 0.25) is 17.8 Å². The predicted octanol–water partition coefficient (Wildman–Crippen LogP) is 1.62. The van der Waals surface area contributed by atoms with Crippen LogP contribution in [0.5, 0.6) is 0 Å². The molecule has 1 aromatic heterocycles. The molecule has 0 aliphatic carbocycles. The van der Waals surface area contributed by atoms with E-state index < -0.39 is 12.1 Å². The van der Waals surface area contributed by atoms with Crippen LogP contribution in [0.4, 0.5) is 10.5 Å². The minimum absolute atomic E-state index is 0.0527. The van der Waals surface area contributed by atoms with Gasteiger partial charge in [0.05, 0.1) is 6.54 Å². The number of hydrogen-bond donors (Lipinski definition) is 4. The van der Waals surface area contributed by atoms with Crippen molar-refractivity contribution in [3.8, 4) is 6.19 Å². The first-order valence-electron chi connectivity index (χ1n) is 12.5. The SMILES string of the molecule is Cc1cc2cc(NC(=N[C@H]3CCCCN(CC(=O)N4CCC[C@@H]4CNC(N)=O)C3=O)NC#N)ccc2o1. The van der Waals surface area contributed by atoms with E-state index in [1.807, 2.05) is 31.3 Å². The van der Waals surface area contributed by atoms with Gasteiger partial charge in [0.25, 0.3) is 0 Å². The molecule has 0 spiro atoms. The van der Waals surface area contributed by atoms with Crippen LogP contribution in [0.2, 0.25) is 0 Å². The number of guanidine groups is 1. The predicted molar refractivity (Wildman–Crippen MR) is 137 cm³/mol. The lowest BCUT2D eigenvalue weighted by molar-refractivity contribution is -0.141. The molecule has 2 fully saturated rings. The maximum absolute atomic E-state index is 13.4. The average Bonchev–Trinajstić information content (AvgIpc) is 3.44. The fraction of sp³-hybridized carbons (Fsp3) is 0.480. The summed E-state index contributed by atoms with van der Waals surface area (Å²) >= 11 is 0. The van der Waals surface area contributed by atoms with Crippen LogP contribution in [0.15, 0.2) is 33.7 Å². The molecular weight excluding hydrogens is 476 g/mol. The highest BCUT2D eigenvalue weighted by Gasteiger charge is 2.33. The second-order valence-electron chi connectivity index (χ2n) is 9.35. The van der Waals surface area contributed by atoms with Gasteiger partial charge < -0.3 is 30.6 Å². The van der Waals surface area contributed by atoms with Crippen molar-refractivity contribution in [3.63, 3.8) is 0 Å². The number of aliphatic imine (C=N–C) groups is 1. The van der Waals surface area contributed by atoms with Gasteiger partial charge in [0, 0.05) is 36.7 Å². The molecule has 2 aliphatic rings. The van der Waals surface area contributed by atoms with Crippen molar-refractivity contribution in [1.82, 2.24) is 20.4 Å². The summed E-state index contributed by atoms with van der Waals surface area (Å²) in [4.78, 5) is 45.3. The third-order valence-electron chi connectivity index (χ3n) is 6.65. The molecule has 37 heavy (non-hydrogen) atoms. The van der Waals surface area contributed by atoms with E-state index >= 15 is 0 Å². The summed E-state index contributed by atoms with van der Waals surface area (Å²) in [6.45, 7) is 3.14. The highest BCUT2D eigenvalue weighted by molar-refractivity contribution is 5.98. The van der Waals surface area contributed by atoms with Gasteiger partial charge in [-0.1, -0.05) is 0 Å². The number of anilines is 1. The number of nitrogens with zero attached hydrogens (tertiary/aromatic N) is 4. The van der Waals surface area contributed by atoms with E-state index in [9.17, 15) is 19.6 Å². The molecule has 0 bridgehead atoms. The maximum atomic E-state index is 13.4. The van der Waals surface area contributed by atoms with Gasteiger partial charge in [-0.2, -0.15) is 5.26 Å². The van der Waals surface area contributed by atoms with Crippen LogP contribution >= 0.6 is 0 Å². The van der Waals surface area contributed by atoms with Crippen molar-refractivity contribution < 1.29 is 18.8 Å². The van der Waals surface area contributed by atoms with E-state index in [0.29, 0.717) is 31.7 Å². The number of likely N-dealkylation sites (tertiary alicyclic amines) is 2. The summed E-state index contributed by atoms with van der Waals surface area (Å²) in [6, 6.07) is 5.92. The van der Waals surface area contributed by atoms with Crippen LogP contribution in [0.1, 0.15) is 37.9 Å². The maximum Gasteiger partial charge on any atom is 0.312 e. The van der Waals surface area contributed by atoms with Crippen LogP contribution in [0.25, 0.3) is 11.0 Å². The normalized spacial score (nSPS) is 20.4. The van der Waals surface area contributed by atoms with Crippen LogP contribution in [-0.4, -0.2) is 71.9 Å². The van der Waals surface area contributed by atoms with Crippen molar-refractivity contribution in [3.05, 3.63) is 30.0 Å². The number of urea groups is 1. The lowest BCUT2D eigenvalue weighted by Crippen LogP contribution is -2.49. The first-order valence-corrected chi connectivity index (χ1v) is 12.5. The van der Waals surface area contributed by atoms with Gasteiger partial charge in [0.1, 0.15) is 17.4 Å². The zero-order valence-electron chi connectivity index (χ0n) is 20.8. The Morgan fingerprint density at radius 1 is 1.22 bits per heavy atom. The molecule has 2 aliphatic heterocycles. The number of primary amides is 1. The number of rotatable bonds is 6. The molecule has 2 saturated heterocycles. The fourth-order valence-electron chi connectivity index (χ4n) is 4.91. The highest BCUT2D eigenvalue weighted by atomic mass is 16.3. The largest absolute Gasteiger partial charge is 0.461 e. The highest BCUT2D eigenvalue weighted by Crippen LogP contribution is 2.23. The Balaban J connectivity index is 1.45. The summed E-state index contributed by atoms with van der Waals surface area (Å²) in [5.41, 5.74) is 6.61. The minimum Gasteiger partial charge on any atom is -0.461 e. The van der Waals surface area contributed by atoms with E-state index in [0.717, 1.165) is 42.4 Å². The van der Waals surface area contributed by atoms with Gasteiger partial charge >= 0.3 is 6.03 Å². The number of nitriles is 1. The summed E-state index contributed by atoms with van der Waals surface area (Å²) in [6.07, 6.45) is 5.49. The van der Waals surface area contributed by atoms with Gasteiger partial charge in [-0.05, 0) is 63.3 Å². The Bertz CT molecular complexity index is 1230. The number of aryl methyl sites for hydroxylation is 1. The van der Waals surface area contributed by atoms with Gasteiger partial charge in [0.15, 0.2) is 6.19 Å². The minimum atomic E-state index is -0.732. The summed E-state index contributed by atoms with van der Waals surface area (Å²) in [7, 11) is 0. The van der Waals surface area contributed by atoms with Crippen LogP contribution < -0.4 is 21.7 Å². The lowest BCUT2D eigenvalue weighted by atomic mass is 10.1. The average molecular weight is 509 g/mol. The molecule has 4 amide bonds. The smallest absolute Gasteiger partial charge is 0.312 e. The van der Waals surface area contributed by atoms with E-state index in [4.69, 9.17) is 10.2 Å². The van der Waals surface area contributed by atoms with Gasteiger partial charge in [-0.25, -0.2) is 9.79 Å². The summed E-state index contributed by atoms with van der Waals surface area (Å²) < 4.78 is 5.60. The molecular formula is C25H32N8O4. The zero-order valence-corrected chi connectivity index (χ0v) is 20.8. The molecule has 0 saturated carbocycles. The number of nitrogens with one attached hydrogen (secondary N) is 3. The number of furan rings is 1. The lowest BCUT2D eigenvalue weighted by Gasteiger charge is -2.29. The Kier molecular flexibility index (Phi) is 8.12. The van der Waals surface area contributed by atoms with Crippen molar-refractivity contribution in [2.45, 2.75) is 51.1 Å². The first kappa shape index (κ1) is 25.8. The molecule has 2 atom stereocenters. The van der Waals surface area contributed by atoms with Gasteiger partial charge in [-0.15, -0.1) is 0 Å². The Morgan fingerprint density at radius 2 is 2.05 bits per heavy atom. The van der Waals surface area contributed by atoms with E-state index in [1.54, 1.807) is 15.9 Å². The second kappa shape index (κ2) is 11.6.